The van der Waals surface area contributed by atoms with E-state index in [1.165, 1.54) is 0 Å². The van der Waals surface area contributed by atoms with Crippen LogP contribution in [-0.4, -0.2) is 10.2 Å². The minimum Gasteiger partial charge on any atom is -0.508 e. The zero-order chi connectivity index (χ0) is 9.30. The van der Waals surface area contributed by atoms with Gasteiger partial charge in [-0.15, -0.1) is 0 Å². The summed E-state index contributed by atoms with van der Waals surface area (Å²) in [6.07, 6.45) is 0. The highest BCUT2D eigenvalue weighted by molar-refractivity contribution is 5.46. The number of phenols is 2. The Morgan fingerprint density at radius 3 is 2.25 bits per heavy atom. The number of hydrogen-bond donors (Lipinski definition) is 2. The van der Waals surface area contributed by atoms with E-state index in [0.717, 1.165) is 11.1 Å². The second-order valence-electron chi connectivity index (χ2n) is 3.36. The Kier molecular flexibility index (Phi) is 2.27. The SMILES string of the molecule is Cc1cc(O)cc(C(C)C)c1O. The zero-order valence-electron chi connectivity index (χ0n) is 7.63. The van der Waals surface area contributed by atoms with E-state index in [0.29, 0.717) is 5.75 Å². The van der Waals surface area contributed by atoms with Gasteiger partial charge in [-0.3, -0.25) is 0 Å². The highest BCUT2D eigenvalue weighted by Crippen LogP contribution is 2.32. The normalized spacial score (nSPS) is 10.7. The van der Waals surface area contributed by atoms with Gasteiger partial charge in [-0.05, 0) is 30.5 Å². The van der Waals surface area contributed by atoms with Gasteiger partial charge in [0.05, 0.1) is 0 Å². The quantitative estimate of drug-likeness (QED) is 0.629. The number of benzene rings is 1. The maximum atomic E-state index is 9.58. The molecular formula is C10H14O2. The first kappa shape index (κ1) is 8.91. The molecule has 0 aromatic heterocycles. The third kappa shape index (κ3) is 1.52. The molecule has 0 amide bonds. The van der Waals surface area contributed by atoms with Crippen molar-refractivity contribution in [1.29, 1.82) is 0 Å². The van der Waals surface area contributed by atoms with Crippen LogP contribution >= 0.6 is 0 Å². The van der Waals surface area contributed by atoms with E-state index in [9.17, 15) is 10.2 Å². The average molecular weight is 166 g/mol. The molecule has 0 radical (unpaired) electrons. The number of aromatic hydroxyl groups is 2. The van der Waals surface area contributed by atoms with Crippen LogP contribution in [-0.2, 0) is 0 Å². The molecule has 1 aromatic carbocycles. The summed E-state index contributed by atoms with van der Waals surface area (Å²) in [7, 11) is 0. The van der Waals surface area contributed by atoms with Crippen LogP contribution in [0.3, 0.4) is 0 Å². The topological polar surface area (TPSA) is 40.5 Å². The fourth-order valence-electron chi connectivity index (χ4n) is 1.23. The molecule has 0 atom stereocenters. The molecule has 0 aliphatic rings. The van der Waals surface area contributed by atoms with E-state index < -0.39 is 0 Å². The van der Waals surface area contributed by atoms with Crippen LogP contribution in [0, 0.1) is 6.92 Å². The molecule has 0 saturated heterocycles. The van der Waals surface area contributed by atoms with Gasteiger partial charge in [0.15, 0.2) is 0 Å². The Balaban J connectivity index is 3.28. The van der Waals surface area contributed by atoms with E-state index in [1.807, 2.05) is 13.8 Å². The van der Waals surface area contributed by atoms with Crippen molar-refractivity contribution in [2.45, 2.75) is 26.7 Å². The van der Waals surface area contributed by atoms with Gasteiger partial charge in [-0.2, -0.15) is 0 Å². The summed E-state index contributed by atoms with van der Waals surface area (Å²) in [6, 6.07) is 3.16. The van der Waals surface area contributed by atoms with E-state index in [2.05, 4.69) is 0 Å². The summed E-state index contributed by atoms with van der Waals surface area (Å²) in [5.74, 6) is 0.743. The first-order chi connectivity index (χ1) is 5.52. The van der Waals surface area contributed by atoms with Crippen molar-refractivity contribution in [3.05, 3.63) is 23.3 Å². The second-order valence-corrected chi connectivity index (χ2v) is 3.36. The van der Waals surface area contributed by atoms with Gasteiger partial charge >= 0.3 is 0 Å². The maximum absolute atomic E-state index is 9.58. The third-order valence-corrected chi connectivity index (χ3v) is 1.94. The lowest BCUT2D eigenvalue weighted by molar-refractivity contribution is 0.447. The van der Waals surface area contributed by atoms with Crippen LogP contribution in [0.2, 0.25) is 0 Å². The van der Waals surface area contributed by atoms with Gasteiger partial charge in [0, 0.05) is 5.56 Å². The predicted molar refractivity (Wildman–Crippen MR) is 48.6 cm³/mol. The third-order valence-electron chi connectivity index (χ3n) is 1.94. The number of phenolic OH excluding ortho intramolecular Hbond substituents is 2. The summed E-state index contributed by atoms with van der Waals surface area (Å²) in [6.45, 7) is 5.74. The van der Waals surface area contributed by atoms with Crippen LogP contribution in [0.25, 0.3) is 0 Å². The molecule has 12 heavy (non-hydrogen) atoms. The Bertz CT molecular complexity index is 290. The largest absolute Gasteiger partial charge is 0.508 e. The molecule has 0 fully saturated rings. The maximum Gasteiger partial charge on any atom is 0.122 e. The molecule has 1 rings (SSSR count). The number of hydrogen-bond acceptors (Lipinski definition) is 2. The average Bonchev–Trinajstić information content (AvgIpc) is 1.96. The van der Waals surface area contributed by atoms with E-state index in [4.69, 9.17) is 0 Å². The summed E-state index contributed by atoms with van der Waals surface area (Å²) < 4.78 is 0. The lowest BCUT2D eigenvalue weighted by Gasteiger charge is -2.10. The lowest BCUT2D eigenvalue weighted by Crippen LogP contribution is -1.89. The van der Waals surface area contributed by atoms with Gasteiger partial charge in [-0.25, -0.2) is 0 Å². The highest BCUT2D eigenvalue weighted by atomic mass is 16.3. The van der Waals surface area contributed by atoms with Crippen molar-refractivity contribution in [2.24, 2.45) is 0 Å². The van der Waals surface area contributed by atoms with E-state index in [-0.39, 0.29) is 11.7 Å². The first-order valence-electron chi connectivity index (χ1n) is 4.05. The van der Waals surface area contributed by atoms with E-state index >= 15 is 0 Å². The van der Waals surface area contributed by atoms with Crippen molar-refractivity contribution in [1.82, 2.24) is 0 Å². The van der Waals surface area contributed by atoms with Gasteiger partial charge in [-0.1, -0.05) is 13.8 Å². The summed E-state index contributed by atoms with van der Waals surface area (Å²) in [5.41, 5.74) is 1.52. The molecule has 0 unspecified atom stereocenters. The fraction of sp³-hybridized carbons (Fsp3) is 0.400. The summed E-state index contributed by atoms with van der Waals surface area (Å²) in [5, 5.41) is 18.8. The molecule has 0 heterocycles. The van der Waals surface area contributed by atoms with Crippen molar-refractivity contribution < 1.29 is 10.2 Å². The summed E-state index contributed by atoms with van der Waals surface area (Å²) >= 11 is 0. The Hall–Kier alpha value is -1.18. The smallest absolute Gasteiger partial charge is 0.122 e. The van der Waals surface area contributed by atoms with Gasteiger partial charge < -0.3 is 10.2 Å². The number of aryl methyl sites for hydroxylation is 1. The van der Waals surface area contributed by atoms with Crippen LogP contribution < -0.4 is 0 Å². The highest BCUT2D eigenvalue weighted by Gasteiger charge is 2.09. The minimum atomic E-state index is 0.217. The zero-order valence-corrected chi connectivity index (χ0v) is 7.63. The van der Waals surface area contributed by atoms with Crippen LogP contribution in [0.1, 0.15) is 30.9 Å². The molecule has 0 aliphatic heterocycles. The van der Waals surface area contributed by atoms with Gasteiger partial charge in [0.25, 0.3) is 0 Å². The standard InChI is InChI=1S/C10H14O2/c1-6(2)9-5-8(11)4-7(3)10(9)12/h4-6,11-12H,1-3H3. The summed E-state index contributed by atoms with van der Waals surface area (Å²) in [4.78, 5) is 0. The molecular weight excluding hydrogens is 152 g/mol. The Labute approximate surface area is 72.5 Å². The Morgan fingerprint density at radius 1 is 1.17 bits per heavy atom. The van der Waals surface area contributed by atoms with Gasteiger partial charge in [0.1, 0.15) is 11.5 Å². The van der Waals surface area contributed by atoms with E-state index in [1.54, 1.807) is 19.1 Å². The van der Waals surface area contributed by atoms with Gasteiger partial charge in [0.2, 0.25) is 0 Å². The van der Waals surface area contributed by atoms with Crippen molar-refractivity contribution in [3.63, 3.8) is 0 Å². The molecule has 2 heteroatoms. The van der Waals surface area contributed by atoms with Crippen molar-refractivity contribution in [3.8, 4) is 11.5 Å². The molecule has 1 aromatic rings. The number of rotatable bonds is 1. The molecule has 2 N–H and O–H groups in total. The predicted octanol–water partition coefficient (Wildman–Crippen LogP) is 2.53. The second kappa shape index (κ2) is 3.05. The molecule has 0 bridgehead atoms. The molecule has 66 valence electrons. The first-order valence-corrected chi connectivity index (χ1v) is 4.05. The van der Waals surface area contributed by atoms with Crippen molar-refractivity contribution >= 4 is 0 Å². The molecule has 2 nitrogen and oxygen atoms in total. The molecule has 0 saturated carbocycles. The van der Waals surface area contributed by atoms with Crippen LogP contribution in [0.4, 0.5) is 0 Å². The van der Waals surface area contributed by atoms with Crippen molar-refractivity contribution in [2.75, 3.05) is 0 Å². The monoisotopic (exact) mass is 166 g/mol. The fourth-order valence-corrected chi connectivity index (χ4v) is 1.23. The lowest BCUT2D eigenvalue weighted by atomic mass is 9.99. The molecule has 0 aliphatic carbocycles. The Morgan fingerprint density at radius 2 is 1.75 bits per heavy atom. The van der Waals surface area contributed by atoms with Crippen LogP contribution in [0.5, 0.6) is 11.5 Å². The molecule has 0 spiro atoms. The minimum absolute atomic E-state index is 0.217. The van der Waals surface area contributed by atoms with Crippen LogP contribution in [0.15, 0.2) is 12.1 Å².